The Bertz CT molecular complexity index is 1340. The van der Waals surface area contributed by atoms with Crippen molar-refractivity contribution in [3.8, 4) is 34.2 Å². The van der Waals surface area contributed by atoms with Crippen LogP contribution in [0.5, 0.6) is 5.75 Å². The molecule has 2 aromatic carbocycles. The molecule has 164 valence electrons. The lowest BCUT2D eigenvalue weighted by atomic mass is 9.96. The van der Waals surface area contributed by atoms with E-state index in [9.17, 15) is 33.1 Å². The molecule has 0 spiro atoms. The summed E-state index contributed by atoms with van der Waals surface area (Å²) in [5, 5.41) is 28.8. The van der Waals surface area contributed by atoms with Crippen LogP contribution in [0.2, 0.25) is 10.0 Å². The van der Waals surface area contributed by atoms with Crippen molar-refractivity contribution in [1.29, 1.82) is 5.26 Å². The molecule has 0 atom stereocenters. The second-order valence-electron chi connectivity index (χ2n) is 6.64. The Labute approximate surface area is 188 Å². The number of nitrogens with one attached hydrogen (secondary N) is 1. The Balaban J connectivity index is 2.32. The number of aromatic nitrogens is 1. The molecule has 3 N–H and O–H groups in total. The number of pyridine rings is 1. The summed E-state index contributed by atoms with van der Waals surface area (Å²) in [5.74, 6) is -1.75. The summed E-state index contributed by atoms with van der Waals surface area (Å²) in [4.78, 5) is 25.9. The fourth-order valence-corrected chi connectivity index (χ4v) is 3.56. The first-order valence-electron chi connectivity index (χ1n) is 8.70. The molecule has 0 fully saturated rings. The van der Waals surface area contributed by atoms with Gasteiger partial charge in [-0.05, 0) is 36.4 Å². The Morgan fingerprint density at radius 1 is 1.09 bits per heavy atom. The average molecular weight is 483 g/mol. The number of aromatic hydroxyl groups is 1. The summed E-state index contributed by atoms with van der Waals surface area (Å²) in [6, 6.07) is 7.71. The molecule has 0 bridgehead atoms. The van der Waals surface area contributed by atoms with E-state index in [1.807, 2.05) is 0 Å². The summed E-state index contributed by atoms with van der Waals surface area (Å²) in [6.45, 7) is 0. The fraction of sp³-hybridized carbons (Fsp3) is 0.0952. The molecule has 0 aliphatic rings. The minimum Gasteiger partial charge on any atom is -0.507 e. The number of phenols is 1. The van der Waals surface area contributed by atoms with Crippen molar-refractivity contribution >= 4 is 29.2 Å². The number of hydrogen-bond donors (Lipinski definition) is 3. The van der Waals surface area contributed by atoms with Gasteiger partial charge in [-0.3, -0.25) is 9.59 Å². The molecular weight excluding hydrogens is 472 g/mol. The molecule has 0 aliphatic carbocycles. The van der Waals surface area contributed by atoms with Crippen LogP contribution in [0.4, 0.5) is 13.2 Å². The van der Waals surface area contributed by atoms with E-state index in [2.05, 4.69) is 4.98 Å². The predicted molar refractivity (Wildman–Crippen MR) is 111 cm³/mol. The number of carboxylic acids is 1. The molecule has 11 heteroatoms. The van der Waals surface area contributed by atoms with E-state index in [0.717, 1.165) is 18.2 Å². The summed E-state index contributed by atoms with van der Waals surface area (Å²) >= 11 is 12.1. The number of H-pyrrole nitrogens is 1. The summed E-state index contributed by atoms with van der Waals surface area (Å²) < 4.78 is 39.6. The maximum Gasteiger partial charge on any atom is 0.416 e. The Hall–Kier alpha value is -3.48. The van der Waals surface area contributed by atoms with E-state index in [1.54, 1.807) is 6.07 Å². The molecule has 6 nitrogen and oxygen atoms in total. The number of carboxylic acid groups (broad SMARTS) is 1. The van der Waals surface area contributed by atoms with Gasteiger partial charge < -0.3 is 15.2 Å². The van der Waals surface area contributed by atoms with Gasteiger partial charge in [0.2, 0.25) is 0 Å². The van der Waals surface area contributed by atoms with Crippen LogP contribution in [-0.2, 0) is 17.4 Å². The summed E-state index contributed by atoms with van der Waals surface area (Å²) in [5.41, 5.74) is -3.17. The molecule has 32 heavy (non-hydrogen) atoms. The largest absolute Gasteiger partial charge is 0.507 e. The Morgan fingerprint density at radius 2 is 1.78 bits per heavy atom. The highest BCUT2D eigenvalue weighted by molar-refractivity contribution is 6.33. The highest BCUT2D eigenvalue weighted by atomic mass is 35.5. The number of halogens is 5. The second-order valence-corrected chi connectivity index (χ2v) is 7.48. The summed E-state index contributed by atoms with van der Waals surface area (Å²) in [6.07, 6.45) is -5.28. The fourth-order valence-electron chi connectivity index (χ4n) is 3.09. The van der Waals surface area contributed by atoms with Crippen molar-refractivity contribution in [3.63, 3.8) is 0 Å². The lowest BCUT2D eigenvalue weighted by molar-refractivity contribution is -0.138. The standard InChI is InChI=1S/C21H11Cl2F3N2O4/c22-11-3-9(4-18(29)30)19(31)14(6-11)17-7-12(15(8-27)20(32)28-17)13-5-10(21(24,25)26)1-2-16(13)23/h1-3,5-7,31H,4H2,(H,28,32)(H,29,30). The summed E-state index contributed by atoms with van der Waals surface area (Å²) in [7, 11) is 0. The van der Waals surface area contributed by atoms with E-state index in [-0.39, 0.29) is 38.0 Å². The molecule has 0 aliphatic heterocycles. The maximum atomic E-state index is 13.2. The van der Waals surface area contributed by atoms with Crippen LogP contribution < -0.4 is 5.56 Å². The zero-order chi connectivity index (χ0) is 23.8. The van der Waals surface area contributed by atoms with Crippen LogP contribution in [-0.4, -0.2) is 21.2 Å². The molecule has 0 saturated heterocycles. The SMILES string of the molecule is N#Cc1c(-c2cc(C(F)(F)F)ccc2Cl)cc(-c2cc(Cl)cc(CC(=O)O)c2O)[nH]c1=O. The number of aromatic amines is 1. The first kappa shape index (κ1) is 23.2. The third-order valence-corrected chi connectivity index (χ3v) is 5.06. The van der Waals surface area contributed by atoms with Crippen molar-refractivity contribution in [2.24, 2.45) is 0 Å². The van der Waals surface area contributed by atoms with Gasteiger partial charge in [0.05, 0.1) is 17.7 Å². The number of hydrogen-bond acceptors (Lipinski definition) is 4. The minimum absolute atomic E-state index is 0.0397. The van der Waals surface area contributed by atoms with E-state index in [0.29, 0.717) is 6.07 Å². The first-order valence-corrected chi connectivity index (χ1v) is 9.46. The van der Waals surface area contributed by atoms with Crippen LogP contribution >= 0.6 is 23.2 Å². The molecule has 1 heterocycles. The number of phenolic OH excluding ortho intramolecular Hbond substituents is 1. The van der Waals surface area contributed by atoms with Gasteiger partial charge in [0.15, 0.2) is 0 Å². The van der Waals surface area contributed by atoms with E-state index < -0.39 is 41.0 Å². The third-order valence-electron chi connectivity index (χ3n) is 4.51. The van der Waals surface area contributed by atoms with Gasteiger partial charge in [0, 0.05) is 32.3 Å². The number of rotatable bonds is 4. The molecule has 0 radical (unpaired) electrons. The van der Waals surface area contributed by atoms with Gasteiger partial charge in [-0.15, -0.1) is 0 Å². The van der Waals surface area contributed by atoms with Crippen LogP contribution in [0, 0.1) is 11.3 Å². The third kappa shape index (κ3) is 4.56. The zero-order valence-corrected chi connectivity index (χ0v) is 17.2. The Kier molecular flexibility index (Phi) is 6.21. The molecule has 3 rings (SSSR count). The van der Waals surface area contributed by atoms with Crippen LogP contribution in [0.15, 0.2) is 41.2 Å². The molecule has 0 amide bonds. The quantitative estimate of drug-likeness (QED) is 0.470. The molecular formula is C21H11Cl2F3N2O4. The van der Waals surface area contributed by atoms with Gasteiger partial charge >= 0.3 is 12.1 Å². The van der Waals surface area contributed by atoms with Crippen molar-refractivity contribution in [1.82, 2.24) is 4.98 Å². The van der Waals surface area contributed by atoms with Gasteiger partial charge in [-0.25, -0.2) is 0 Å². The number of aliphatic carboxylic acids is 1. The predicted octanol–water partition coefficient (Wildman–Crippen LogP) is 5.24. The van der Waals surface area contributed by atoms with E-state index >= 15 is 0 Å². The average Bonchev–Trinajstić information content (AvgIpc) is 2.69. The van der Waals surface area contributed by atoms with Crippen molar-refractivity contribution in [3.05, 3.63) is 73.5 Å². The number of nitrogens with zero attached hydrogens (tertiary/aromatic N) is 1. The van der Waals surface area contributed by atoms with Crippen LogP contribution in [0.25, 0.3) is 22.4 Å². The molecule has 0 saturated carbocycles. The van der Waals surface area contributed by atoms with Crippen molar-refractivity contribution in [2.75, 3.05) is 0 Å². The van der Waals surface area contributed by atoms with E-state index in [4.69, 9.17) is 28.3 Å². The first-order chi connectivity index (χ1) is 14.9. The molecule has 1 aromatic heterocycles. The van der Waals surface area contributed by atoms with E-state index in [1.165, 1.54) is 12.1 Å². The second kappa shape index (κ2) is 8.57. The zero-order valence-electron chi connectivity index (χ0n) is 15.7. The number of benzene rings is 2. The van der Waals surface area contributed by atoms with Crippen LogP contribution in [0.3, 0.4) is 0 Å². The van der Waals surface area contributed by atoms with Gasteiger partial charge in [0.1, 0.15) is 17.4 Å². The molecule has 3 aromatic rings. The normalized spacial score (nSPS) is 11.2. The van der Waals surface area contributed by atoms with Crippen molar-refractivity contribution < 1.29 is 28.2 Å². The van der Waals surface area contributed by atoms with Crippen LogP contribution in [0.1, 0.15) is 16.7 Å². The highest BCUT2D eigenvalue weighted by Crippen LogP contribution is 2.39. The topological polar surface area (TPSA) is 114 Å². The monoisotopic (exact) mass is 482 g/mol. The number of alkyl halides is 3. The maximum absolute atomic E-state index is 13.2. The van der Waals surface area contributed by atoms with Gasteiger partial charge in [-0.1, -0.05) is 23.2 Å². The van der Waals surface area contributed by atoms with Gasteiger partial charge in [-0.2, -0.15) is 18.4 Å². The number of carbonyl (C=O) groups is 1. The minimum atomic E-state index is -4.70. The highest BCUT2D eigenvalue weighted by Gasteiger charge is 2.31. The smallest absolute Gasteiger partial charge is 0.416 e. The van der Waals surface area contributed by atoms with Gasteiger partial charge in [0.25, 0.3) is 5.56 Å². The van der Waals surface area contributed by atoms with Crippen molar-refractivity contribution in [2.45, 2.75) is 12.6 Å². The molecule has 0 unspecified atom stereocenters. The Morgan fingerprint density at radius 3 is 2.38 bits per heavy atom. The number of nitriles is 1. The lowest BCUT2D eigenvalue weighted by Gasteiger charge is -2.14. The lowest BCUT2D eigenvalue weighted by Crippen LogP contribution is -2.13.